The molecule has 0 N–H and O–H groups in total. The topological polar surface area (TPSA) is 44.1 Å². The molecule has 1 saturated heterocycles. The van der Waals surface area contributed by atoms with Gasteiger partial charge in [-0.2, -0.15) is 0 Å². The van der Waals surface area contributed by atoms with Crippen LogP contribution in [0.1, 0.15) is 37.8 Å². The molecule has 5 heteroatoms. The summed E-state index contributed by atoms with van der Waals surface area (Å²) in [5, 5.41) is 1.43. The van der Waals surface area contributed by atoms with Crippen molar-refractivity contribution in [3.05, 3.63) is 70.5 Å². The zero-order chi connectivity index (χ0) is 18.6. The summed E-state index contributed by atoms with van der Waals surface area (Å²) in [6.45, 7) is 2.90. The third-order valence-corrected chi connectivity index (χ3v) is 6.20. The van der Waals surface area contributed by atoms with Gasteiger partial charge in [0.25, 0.3) is 5.56 Å². The number of benzene rings is 2. The predicted octanol–water partition coefficient (Wildman–Crippen LogP) is 4.67. The highest BCUT2D eigenvalue weighted by Gasteiger charge is 2.20. The van der Waals surface area contributed by atoms with Crippen LogP contribution in [0.4, 0.5) is 0 Å². The van der Waals surface area contributed by atoms with E-state index in [0.29, 0.717) is 5.39 Å². The third kappa shape index (κ3) is 3.94. The summed E-state index contributed by atoms with van der Waals surface area (Å²) < 4.78 is 7.70. The monoisotopic (exact) mass is 380 g/mol. The van der Waals surface area contributed by atoms with E-state index < -0.39 is 0 Å². The molecule has 0 spiro atoms. The highest BCUT2D eigenvalue weighted by atomic mass is 32.2. The van der Waals surface area contributed by atoms with Crippen molar-refractivity contribution in [2.24, 2.45) is 0 Å². The molecule has 2 aromatic carbocycles. The first-order valence-electron chi connectivity index (χ1n) is 9.54. The van der Waals surface area contributed by atoms with Crippen molar-refractivity contribution >= 4 is 22.7 Å². The Labute approximate surface area is 163 Å². The molecule has 0 aliphatic carbocycles. The van der Waals surface area contributed by atoms with Crippen LogP contribution in [0, 0.1) is 0 Å². The molecular weight excluding hydrogens is 356 g/mol. The third-order valence-electron chi connectivity index (χ3n) is 5.12. The fourth-order valence-electron chi connectivity index (χ4n) is 3.56. The summed E-state index contributed by atoms with van der Waals surface area (Å²) in [4.78, 5) is 18.1. The minimum absolute atomic E-state index is 0.0176. The first-order valence-corrected chi connectivity index (χ1v) is 10.5. The number of rotatable bonds is 5. The van der Waals surface area contributed by atoms with Gasteiger partial charge in [0, 0.05) is 12.4 Å². The van der Waals surface area contributed by atoms with E-state index in [4.69, 9.17) is 9.72 Å². The number of thioether (sulfide) groups is 1. The summed E-state index contributed by atoms with van der Waals surface area (Å²) in [6.07, 6.45) is 3.68. The van der Waals surface area contributed by atoms with E-state index in [1.54, 1.807) is 11.8 Å². The molecular formula is C22H24N2O2S. The number of para-hydroxylation sites is 1. The summed E-state index contributed by atoms with van der Waals surface area (Å²) in [5.74, 6) is 0.826. The fourth-order valence-corrected chi connectivity index (χ4v) is 4.70. The molecule has 1 aliphatic rings. The zero-order valence-electron chi connectivity index (χ0n) is 15.5. The van der Waals surface area contributed by atoms with Crippen LogP contribution in [0.3, 0.4) is 0 Å². The predicted molar refractivity (Wildman–Crippen MR) is 111 cm³/mol. The van der Waals surface area contributed by atoms with Gasteiger partial charge in [0.05, 0.1) is 23.0 Å². The van der Waals surface area contributed by atoms with Crippen LogP contribution in [0.5, 0.6) is 0 Å². The lowest BCUT2D eigenvalue weighted by Gasteiger charge is -2.24. The SMILES string of the molecule is C[C@@H](c1ccccc1)n1c(SC[C@@H]2CCCCO2)nc2ccccc2c1=O. The molecule has 4 nitrogen and oxygen atoms in total. The van der Waals surface area contributed by atoms with Gasteiger partial charge in [0.2, 0.25) is 0 Å². The van der Waals surface area contributed by atoms with Gasteiger partial charge < -0.3 is 4.74 Å². The summed E-state index contributed by atoms with van der Waals surface area (Å²) >= 11 is 1.63. The average Bonchev–Trinajstić information content (AvgIpc) is 2.73. The van der Waals surface area contributed by atoms with Crippen molar-refractivity contribution in [1.29, 1.82) is 0 Å². The Hall–Kier alpha value is -2.11. The van der Waals surface area contributed by atoms with Crippen LogP contribution in [-0.2, 0) is 4.74 Å². The number of hydrogen-bond donors (Lipinski definition) is 0. The van der Waals surface area contributed by atoms with E-state index in [9.17, 15) is 4.79 Å². The van der Waals surface area contributed by atoms with Crippen LogP contribution in [-0.4, -0.2) is 28.0 Å². The standard InChI is InChI=1S/C22H24N2O2S/c1-16(17-9-3-2-4-10-17)24-21(25)19-12-5-6-13-20(19)23-22(24)27-15-18-11-7-8-14-26-18/h2-6,9-10,12-13,16,18H,7-8,11,14-15H2,1H3/t16-,18-/m0/s1. The molecule has 0 unspecified atom stereocenters. The Morgan fingerprint density at radius 3 is 2.70 bits per heavy atom. The van der Waals surface area contributed by atoms with E-state index in [0.717, 1.165) is 41.4 Å². The van der Waals surface area contributed by atoms with Crippen molar-refractivity contribution in [3.8, 4) is 0 Å². The maximum absolute atomic E-state index is 13.3. The number of aromatic nitrogens is 2. The number of ether oxygens (including phenoxy) is 1. The molecule has 3 aromatic rings. The van der Waals surface area contributed by atoms with E-state index in [-0.39, 0.29) is 17.7 Å². The average molecular weight is 381 g/mol. The van der Waals surface area contributed by atoms with Gasteiger partial charge in [-0.25, -0.2) is 4.98 Å². The van der Waals surface area contributed by atoms with E-state index in [2.05, 4.69) is 19.1 Å². The molecule has 2 heterocycles. The maximum atomic E-state index is 13.3. The van der Waals surface area contributed by atoms with Crippen molar-refractivity contribution in [3.63, 3.8) is 0 Å². The molecule has 27 heavy (non-hydrogen) atoms. The van der Waals surface area contributed by atoms with Gasteiger partial charge in [-0.1, -0.05) is 54.2 Å². The van der Waals surface area contributed by atoms with E-state index in [1.807, 2.05) is 47.0 Å². The van der Waals surface area contributed by atoms with Crippen molar-refractivity contribution < 1.29 is 4.74 Å². The second-order valence-corrected chi connectivity index (χ2v) is 7.96. The lowest BCUT2D eigenvalue weighted by atomic mass is 10.1. The Balaban J connectivity index is 1.74. The Bertz CT molecular complexity index is 965. The minimum atomic E-state index is -0.0782. The first kappa shape index (κ1) is 18.3. The molecule has 140 valence electrons. The second-order valence-electron chi connectivity index (χ2n) is 6.97. The highest BCUT2D eigenvalue weighted by Crippen LogP contribution is 2.27. The van der Waals surface area contributed by atoms with Gasteiger partial charge >= 0.3 is 0 Å². The largest absolute Gasteiger partial charge is 0.377 e. The molecule has 0 radical (unpaired) electrons. The second kappa shape index (κ2) is 8.28. The molecule has 2 atom stereocenters. The van der Waals surface area contributed by atoms with E-state index in [1.165, 1.54) is 6.42 Å². The molecule has 1 fully saturated rings. The Morgan fingerprint density at radius 2 is 1.93 bits per heavy atom. The number of hydrogen-bond acceptors (Lipinski definition) is 4. The van der Waals surface area contributed by atoms with Gasteiger partial charge in [-0.05, 0) is 43.9 Å². The van der Waals surface area contributed by atoms with Gasteiger partial charge in [0.15, 0.2) is 5.16 Å². The van der Waals surface area contributed by atoms with Crippen LogP contribution in [0.25, 0.3) is 10.9 Å². The first-order chi connectivity index (χ1) is 13.2. The summed E-state index contributed by atoms with van der Waals surface area (Å²) in [7, 11) is 0. The number of nitrogens with zero attached hydrogens (tertiary/aromatic N) is 2. The van der Waals surface area contributed by atoms with Crippen LogP contribution in [0.15, 0.2) is 64.5 Å². The van der Waals surface area contributed by atoms with Crippen LogP contribution >= 0.6 is 11.8 Å². The van der Waals surface area contributed by atoms with Gasteiger partial charge in [-0.15, -0.1) is 0 Å². The quantitative estimate of drug-likeness (QED) is 0.477. The van der Waals surface area contributed by atoms with Crippen molar-refractivity contribution in [2.75, 3.05) is 12.4 Å². The van der Waals surface area contributed by atoms with Crippen LogP contribution in [0.2, 0.25) is 0 Å². The van der Waals surface area contributed by atoms with E-state index >= 15 is 0 Å². The molecule has 4 rings (SSSR count). The van der Waals surface area contributed by atoms with Crippen LogP contribution < -0.4 is 5.56 Å². The molecule has 1 aromatic heterocycles. The zero-order valence-corrected chi connectivity index (χ0v) is 16.3. The smallest absolute Gasteiger partial charge is 0.262 e. The van der Waals surface area contributed by atoms with Crippen molar-refractivity contribution in [1.82, 2.24) is 9.55 Å². The van der Waals surface area contributed by atoms with Gasteiger partial charge in [-0.3, -0.25) is 9.36 Å². The summed E-state index contributed by atoms with van der Waals surface area (Å²) in [5.41, 5.74) is 1.88. The minimum Gasteiger partial charge on any atom is -0.377 e. The number of fused-ring (bicyclic) bond motifs is 1. The lowest BCUT2D eigenvalue weighted by molar-refractivity contribution is 0.0315. The lowest BCUT2D eigenvalue weighted by Crippen LogP contribution is -2.28. The van der Waals surface area contributed by atoms with Crippen molar-refractivity contribution in [2.45, 2.75) is 43.5 Å². The molecule has 0 amide bonds. The molecule has 0 saturated carbocycles. The normalized spacial score (nSPS) is 18.5. The molecule has 0 bridgehead atoms. The Kier molecular flexibility index (Phi) is 5.60. The van der Waals surface area contributed by atoms with Gasteiger partial charge in [0.1, 0.15) is 0 Å². The highest BCUT2D eigenvalue weighted by molar-refractivity contribution is 7.99. The fraction of sp³-hybridized carbons (Fsp3) is 0.364. The summed E-state index contributed by atoms with van der Waals surface area (Å²) in [6, 6.07) is 17.6. The maximum Gasteiger partial charge on any atom is 0.262 e. The Morgan fingerprint density at radius 1 is 1.15 bits per heavy atom. The molecule has 1 aliphatic heterocycles.